The number of ether oxygens (including phenoxy) is 1. The van der Waals surface area contributed by atoms with Crippen LogP contribution in [0.3, 0.4) is 0 Å². The van der Waals surface area contributed by atoms with E-state index >= 15 is 0 Å². The molecule has 1 aromatic carbocycles. The van der Waals surface area contributed by atoms with E-state index in [1.54, 1.807) is 18.9 Å². The van der Waals surface area contributed by atoms with Crippen LogP contribution in [0.4, 0.5) is 0 Å². The van der Waals surface area contributed by atoms with Gasteiger partial charge >= 0.3 is 0 Å². The molecule has 0 fully saturated rings. The van der Waals surface area contributed by atoms with Gasteiger partial charge in [-0.05, 0) is 41.6 Å². The molecule has 0 unspecified atom stereocenters. The molecule has 1 aromatic heterocycles. The lowest BCUT2D eigenvalue weighted by Gasteiger charge is -2.22. The standard InChI is InChI=1S/C14H14O3S3/c1-17-10-3-2-4-11(9-10)19-13-6-8-20(15,16)14-12(13)5-7-18-14/h2-5,7,9,13H,6,8H2,1H3/t13-/m0/s1. The van der Waals surface area contributed by atoms with Crippen LogP contribution < -0.4 is 4.74 Å². The van der Waals surface area contributed by atoms with Gasteiger partial charge in [0.2, 0.25) is 0 Å². The normalized spacial score (nSPS) is 20.4. The maximum atomic E-state index is 12.0. The number of benzene rings is 1. The van der Waals surface area contributed by atoms with Gasteiger partial charge < -0.3 is 4.74 Å². The molecular weight excluding hydrogens is 312 g/mol. The summed E-state index contributed by atoms with van der Waals surface area (Å²) in [5, 5.41) is 2.07. The highest BCUT2D eigenvalue weighted by atomic mass is 32.2. The van der Waals surface area contributed by atoms with Crippen LogP contribution in [-0.4, -0.2) is 21.3 Å². The van der Waals surface area contributed by atoms with Crippen molar-refractivity contribution in [3.63, 3.8) is 0 Å². The van der Waals surface area contributed by atoms with E-state index in [2.05, 4.69) is 0 Å². The third-order valence-electron chi connectivity index (χ3n) is 3.26. The maximum absolute atomic E-state index is 12.0. The van der Waals surface area contributed by atoms with Crippen molar-refractivity contribution in [1.29, 1.82) is 0 Å². The number of rotatable bonds is 3. The molecule has 2 aromatic rings. The lowest BCUT2D eigenvalue weighted by Crippen LogP contribution is -2.16. The molecule has 1 aliphatic rings. The second-order valence-corrected chi connectivity index (χ2v) is 9.05. The van der Waals surface area contributed by atoms with Crippen molar-refractivity contribution in [1.82, 2.24) is 0 Å². The van der Waals surface area contributed by atoms with Gasteiger partial charge in [-0.1, -0.05) is 6.07 Å². The maximum Gasteiger partial charge on any atom is 0.188 e. The summed E-state index contributed by atoms with van der Waals surface area (Å²) in [5.74, 6) is 1.06. The summed E-state index contributed by atoms with van der Waals surface area (Å²) in [6, 6.07) is 9.82. The van der Waals surface area contributed by atoms with Crippen LogP contribution in [0, 0.1) is 0 Å². The Morgan fingerprint density at radius 2 is 2.20 bits per heavy atom. The van der Waals surface area contributed by atoms with Gasteiger partial charge in [0.15, 0.2) is 9.84 Å². The van der Waals surface area contributed by atoms with Crippen molar-refractivity contribution < 1.29 is 13.2 Å². The van der Waals surface area contributed by atoms with E-state index in [-0.39, 0.29) is 11.0 Å². The number of hydrogen-bond acceptors (Lipinski definition) is 5. The van der Waals surface area contributed by atoms with Crippen LogP contribution in [0.25, 0.3) is 0 Å². The Morgan fingerprint density at radius 3 is 3.00 bits per heavy atom. The summed E-state index contributed by atoms with van der Waals surface area (Å²) in [6.07, 6.45) is 0.661. The van der Waals surface area contributed by atoms with Crippen LogP contribution in [0.5, 0.6) is 5.75 Å². The fourth-order valence-corrected chi connectivity index (χ4v) is 6.78. The van der Waals surface area contributed by atoms with Crippen molar-refractivity contribution in [2.45, 2.75) is 20.8 Å². The quantitative estimate of drug-likeness (QED) is 0.861. The summed E-state index contributed by atoms with van der Waals surface area (Å²) in [5.41, 5.74) is 0.953. The highest BCUT2D eigenvalue weighted by Gasteiger charge is 2.32. The Balaban J connectivity index is 1.89. The second kappa shape index (κ2) is 5.42. The monoisotopic (exact) mass is 326 g/mol. The van der Waals surface area contributed by atoms with Gasteiger partial charge in [-0.2, -0.15) is 0 Å². The molecule has 0 spiro atoms. The third kappa shape index (κ3) is 2.60. The zero-order valence-corrected chi connectivity index (χ0v) is 13.4. The first-order valence-electron chi connectivity index (χ1n) is 6.21. The minimum atomic E-state index is -3.06. The topological polar surface area (TPSA) is 43.4 Å². The molecule has 0 aliphatic carbocycles. The Hall–Kier alpha value is -0.980. The van der Waals surface area contributed by atoms with Crippen molar-refractivity contribution in [3.8, 4) is 5.75 Å². The molecule has 1 atom stereocenters. The van der Waals surface area contributed by atoms with E-state index in [4.69, 9.17) is 4.74 Å². The van der Waals surface area contributed by atoms with Crippen molar-refractivity contribution in [2.75, 3.05) is 12.9 Å². The largest absolute Gasteiger partial charge is 0.497 e. The van der Waals surface area contributed by atoms with Crippen LogP contribution >= 0.6 is 23.1 Å². The first-order valence-corrected chi connectivity index (χ1v) is 9.62. The fourth-order valence-electron chi connectivity index (χ4n) is 2.27. The predicted molar refractivity (Wildman–Crippen MR) is 82.6 cm³/mol. The number of thiophene rings is 1. The number of hydrogen-bond donors (Lipinski definition) is 0. The first kappa shape index (κ1) is 14.0. The van der Waals surface area contributed by atoms with E-state index in [9.17, 15) is 8.42 Å². The Bertz CT molecular complexity index is 719. The molecule has 20 heavy (non-hydrogen) atoms. The summed E-state index contributed by atoms with van der Waals surface area (Å²) < 4.78 is 29.8. The molecule has 2 heterocycles. The molecule has 0 saturated carbocycles. The molecule has 0 N–H and O–H groups in total. The third-order valence-corrected chi connectivity index (χ3v) is 7.90. The van der Waals surface area contributed by atoms with Crippen molar-refractivity contribution in [2.24, 2.45) is 0 Å². The molecule has 3 nitrogen and oxygen atoms in total. The van der Waals surface area contributed by atoms with Gasteiger partial charge in [0.1, 0.15) is 9.96 Å². The van der Waals surface area contributed by atoms with Crippen molar-refractivity contribution in [3.05, 3.63) is 41.3 Å². The lowest BCUT2D eigenvalue weighted by molar-refractivity contribution is 0.413. The molecule has 1 aliphatic heterocycles. The molecule has 106 valence electrons. The van der Waals surface area contributed by atoms with E-state index in [0.717, 1.165) is 16.2 Å². The van der Waals surface area contributed by atoms with Gasteiger partial charge in [0.25, 0.3) is 0 Å². The highest BCUT2D eigenvalue weighted by molar-refractivity contribution is 8.00. The van der Waals surface area contributed by atoms with Gasteiger partial charge in [-0.25, -0.2) is 8.42 Å². The number of fused-ring (bicyclic) bond motifs is 1. The molecule has 3 rings (SSSR count). The van der Waals surface area contributed by atoms with Crippen LogP contribution in [-0.2, 0) is 9.84 Å². The number of thioether (sulfide) groups is 1. The average Bonchev–Trinajstić information content (AvgIpc) is 2.93. The zero-order chi connectivity index (χ0) is 14.2. The zero-order valence-electron chi connectivity index (χ0n) is 10.9. The summed E-state index contributed by atoms with van der Waals surface area (Å²) in [6.45, 7) is 0. The molecule has 6 heteroatoms. The minimum absolute atomic E-state index is 0.201. The lowest BCUT2D eigenvalue weighted by atomic mass is 10.2. The Labute approximate surface area is 126 Å². The highest BCUT2D eigenvalue weighted by Crippen LogP contribution is 2.46. The molecule has 0 saturated heterocycles. The summed E-state index contributed by atoms with van der Waals surface area (Å²) in [4.78, 5) is 1.10. The predicted octanol–water partition coefficient (Wildman–Crippen LogP) is 3.77. The van der Waals surface area contributed by atoms with Crippen LogP contribution in [0.2, 0.25) is 0 Å². The molecule has 0 radical (unpaired) electrons. The molecular formula is C14H14O3S3. The van der Waals surface area contributed by atoms with Crippen LogP contribution in [0.1, 0.15) is 17.2 Å². The van der Waals surface area contributed by atoms with Gasteiger partial charge in [0, 0.05) is 10.1 Å². The van der Waals surface area contributed by atoms with E-state index in [1.807, 2.05) is 35.7 Å². The average molecular weight is 326 g/mol. The Kier molecular flexibility index (Phi) is 3.79. The molecule has 0 amide bonds. The van der Waals surface area contributed by atoms with Gasteiger partial charge in [-0.3, -0.25) is 0 Å². The van der Waals surface area contributed by atoms with E-state index < -0.39 is 9.84 Å². The van der Waals surface area contributed by atoms with Crippen LogP contribution in [0.15, 0.2) is 44.8 Å². The van der Waals surface area contributed by atoms with Gasteiger partial charge in [0.05, 0.1) is 12.9 Å². The molecule has 0 bridgehead atoms. The smallest absolute Gasteiger partial charge is 0.188 e. The second-order valence-electron chi connectivity index (χ2n) is 4.56. The summed E-state index contributed by atoms with van der Waals surface area (Å²) >= 11 is 3.03. The first-order chi connectivity index (χ1) is 9.60. The fraction of sp³-hybridized carbons (Fsp3) is 0.286. The summed E-state index contributed by atoms with van der Waals surface area (Å²) in [7, 11) is -1.41. The number of sulfone groups is 1. The van der Waals surface area contributed by atoms with E-state index in [1.165, 1.54) is 11.3 Å². The Morgan fingerprint density at radius 1 is 1.35 bits per heavy atom. The van der Waals surface area contributed by atoms with Gasteiger partial charge in [-0.15, -0.1) is 23.1 Å². The van der Waals surface area contributed by atoms with Crippen molar-refractivity contribution >= 4 is 32.9 Å². The SMILES string of the molecule is COc1cccc(S[C@H]2CCS(=O)(=O)c3sccc32)c1. The van der Waals surface area contributed by atoms with E-state index in [0.29, 0.717) is 10.6 Å². The minimum Gasteiger partial charge on any atom is -0.497 e. The number of methoxy groups -OCH3 is 1.